The van der Waals surface area contributed by atoms with Crippen LogP contribution in [0.1, 0.15) is 52.3 Å². The van der Waals surface area contributed by atoms with Crippen LogP contribution in [0.2, 0.25) is 0 Å². The number of methoxy groups -OCH3 is 2. The van der Waals surface area contributed by atoms with Crippen molar-refractivity contribution in [3.05, 3.63) is 53.1 Å². The Kier molecular flexibility index (Phi) is 6.40. The molecule has 0 saturated carbocycles. The van der Waals surface area contributed by atoms with Gasteiger partial charge in [0.15, 0.2) is 11.5 Å². The van der Waals surface area contributed by atoms with Crippen LogP contribution in [0.3, 0.4) is 0 Å². The van der Waals surface area contributed by atoms with E-state index in [1.54, 1.807) is 43.3 Å². The number of rotatable bonds is 7. The quantitative estimate of drug-likeness (QED) is 0.616. The van der Waals surface area contributed by atoms with E-state index in [1.165, 1.54) is 19.1 Å². The van der Waals surface area contributed by atoms with E-state index >= 15 is 0 Å². The number of fused-ring (bicyclic) bond motifs is 1. The number of esters is 2. The number of para-hydroxylation sites is 1. The van der Waals surface area contributed by atoms with Gasteiger partial charge in [-0.2, -0.15) is 0 Å². The summed E-state index contributed by atoms with van der Waals surface area (Å²) in [6.45, 7) is 1.87. The van der Waals surface area contributed by atoms with E-state index in [1.807, 2.05) is 0 Å². The molecule has 0 spiro atoms. The second-order valence-electron chi connectivity index (χ2n) is 7.63. The van der Waals surface area contributed by atoms with E-state index < -0.39 is 30.1 Å². The predicted molar refractivity (Wildman–Crippen MR) is 119 cm³/mol. The van der Waals surface area contributed by atoms with Gasteiger partial charge in [0.2, 0.25) is 18.0 Å². The standard InChI is InChI=1S/C24H24N2O8/c1-4-33-23(29)13-7-5-6-8-15(13)25-21(28)16-10-12-18(27)26(16)22-14-9-11-17(31-2)20(32-3)19(14)24(30)34-22/h5-9,11,16,22H,4,10,12H2,1-3H3,(H,25,28)/t16-,22-/m0/s1. The summed E-state index contributed by atoms with van der Waals surface area (Å²) in [4.78, 5) is 52.3. The van der Waals surface area contributed by atoms with Crippen LogP contribution in [0, 0.1) is 0 Å². The lowest BCUT2D eigenvalue weighted by Gasteiger charge is -2.29. The van der Waals surface area contributed by atoms with Crippen LogP contribution in [0.15, 0.2) is 36.4 Å². The molecule has 178 valence electrons. The van der Waals surface area contributed by atoms with Gasteiger partial charge in [0, 0.05) is 12.0 Å². The molecule has 2 aliphatic rings. The number of anilines is 1. The number of amides is 2. The molecule has 2 amide bonds. The number of hydrogen-bond acceptors (Lipinski definition) is 8. The van der Waals surface area contributed by atoms with Crippen molar-refractivity contribution in [2.45, 2.75) is 32.0 Å². The summed E-state index contributed by atoms with van der Waals surface area (Å²) in [6, 6.07) is 8.75. The minimum atomic E-state index is -1.09. The van der Waals surface area contributed by atoms with Gasteiger partial charge in [0.05, 0.1) is 32.1 Å². The maximum absolute atomic E-state index is 13.2. The first-order valence-corrected chi connectivity index (χ1v) is 10.7. The van der Waals surface area contributed by atoms with Crippen LogP contribution >= 0.6 is 0 Å². The van der Waals surface area contributed by atoms with E-state index in [-0.39, 0.29) is 47.9 Å². The maximum Gasteiger partial charge on any atom is 0.344 e. The molecule has 0 unspecified atom stereocenters. The van der Waals surface area contributed by atoms with E-state index in [0.29, 0.717) is 11.3 Å². The van der Waals surface area contributed by atoms with Crippen molar-refractivity contribution in [2.24, 2.45) is 0 Å². The monoisotopic (exact) mass is 468 g/mol. The Morgan fingerprint density at radius 3 is 2.59 bits per heavy atom. The molecule has 1 N–H and O–H groups in total. The van der Waals surface area contributed by atoms with Crippen molar-refractivity contribution in [3.63, 3.8) is 0 Å². The van der Waals surface area contributed by atoms with E-state index in [0.717, 1.165) is 0 Å². The second kappa shape index (κ2) is 9.42. The fourth-order valence-electron chi connectivity index (χ4n) is 4.24. The van der Waals surface area contributed by atoms with Gasteiger partial charge in [-0.25, -0.2) is 9.59 Å². The molecule has 4 rings (SSSR count). The molecule has 10 heteroatoms. The number of ether oxygens (including phenoxy) is 4. The van der Waals surface area contributed by atoms with Gasteiger partial charge in [-0.05, 0) is 37.6 Å². The van der Waals surface area contributed by atoms with Gasteiger partial charge in [-0.3, -0.25) is 14.5 Å². The zero-order valence-electron chi connectivity index (χ0n) is 19.0. The third-order valence-corrected chi connectivity index (χ3v) is 5.76. The van der Waals surface area contributed by atoms with Crippen LogP contribution in [0.5, 0.6) is 11.5 Å². The third-order valence-electron chi connectivity index (χ3n) is 5.76. The minimum absolute atomic E-state index is 0.105. The largest absolute Gasteiger partial charge is 0.493 e. The fraction of sp³-hybridized carbons (Fsp3) is 0.333. The van der Waals surface area contributed by atoms with E-state index in [9.17, 15) is 19.2 Å². The van der Waals surface area contributed by atoms with Gasteiger partial charge < -0.3 is 24.3 Å². The zero-order valence-corrected chi connectivity index (χ0v) is 19.0. The normalized spacial score (nSPS) is 18.9. The van der Waals surface area contributed by atoms with Gasteiger partial charge in [0.1, 0.15) is 11.6 Å². The van der Waals surface area contributed by atoms with Crippen molar-refractivity contribution in [3.8, 4) is 11.5 Å². The summed E-state index contributed by atoms with van der Waals surface area (Å²) in [5.74, 6) is -1.55. The summed E-state index contributed by atoms with van der Waals surface area (Å²) in [5.41, 5.74) is 1.02. The van der Waals surface area contributed by atoms with Crippen molar-refractivity contribution < 1.29 is 38.1 Å². The molecule has 1 fully saturated rings. The molecule has 0 radical (unpaired) electrons. The Bertz CT molecular complexity index is 1160. The summed E-state index contributed by atoms with van der Waals surface area (Å²) < 4.78 is 21.2. The van der Waals surface area contributed by atoms with Crippen LogP contribution in [-0.2, 0) is 19.1 Å². The summed E-state index contributed by atoms with van der Waals surface area (Å²) in [5, 5.41) is 2.72. The molecular formula is C24H24N2O8. The molecule has 0 bridgehead atoms. The highest BCUT2D eigenvalue weighted by Gasteiger charge is 2.47. The number of benzene rings is 2. The number of nitrogens with zero attached hydrogens (tertiary/aromatic N) is 1. The predicted octanol–water partition coefficient (Wildman–Crippen LogP) is 2.68. The maximum atomic E-state index is 13.2. The topological polar surface area (TPSA) is 120 Å². The first-order chi connectivity index (χ1) is 16.4. The highest BCUT2D eigenvalue weighted by molar-refractivity contribution is 6.05. The van der Waals surface area contributed by atoms with Crippen LogP contribution in [0.25, 0.3) is 0 Å². The number of hydrogen-bond donors (Lipinski definition) is 1. The molecule has 34 heavy (non-hydrogen) atoms. The summed E-state index contributed by atoms with van der Waals surface area (Å²) in [7, 11) is 2.84. The Hall–Kier alpha value is -4.08. The van der Waals surface area contributed by atoms with Crippen LogP contribution in [-0.4, -0.2) is 55.5 Å². The van der Waals surface area contributed by atoms with E-state index in [4.69, 9.17) is 18.9 Å². The minimum Gasteiger partial charge on any atom is -0.493 e. The SMILES string of the molecule is CCOC(=O)c1ccccc1NC(=O)[C@@H]1CCC(=O)N1[C@H]1OC(=O)c2c1ccc(OC)c2OC. The first kappa shape index (κ1) is 23.1. The molecule has 2 aromatic carbocycles. The third kappa shape index (κ3) is 3.91. The van der Waals surface area contributed by atoms with E-state index in [2.05, 4.69) is 5.32 Å². The van der Waals surface area contributed by atoms with Gasteiger partial charge in [-0.15, -0.1) is 0 Å². The number of carbonyl (C=O) groups excluding carboxylic acids is 4. The Morgan fingerprint density at radius 1 is 1.12 bits per heavy atom. The summed E-state index contributed by atoms with van der Waals surface area (Å²) in [6.07, 6.45) is -0.759. The molecule has 1 saturated heterocycles. The second-order valence-corrected chi connectivity index (χ2v) is 7.63. The fourth-order valence-corrected chi connectivity index (χ4v) is 4.24. The lowest BCUT2D eigenvalue weighted by Crippen LogP contribution is -2.44. The van der Waals surface area contributed by atoms with Crippen molar-refractivity contribution in [1.29, 1.82) is 0 Å². The highest BCUT2D eigenvalue weighted by Crippen LogP contribution is 2.45. The smallest absolute Gasteiger partial charge is 0.344 e. The highest BCUT2D eigenvalue weighted by atomic mass is 16.6. The van der Waals surface area contributed by atoms with Gasteiger partial charge >= 0.3 is 11.9 Å². The number of cyclic esters (lactones) is 1. The van der Waals surface area contributed by atoms with Crippen LogP contribution < -0.4 is 14.8 Å². The van der Waals surface area contributed by atoms with Gasteiger partial charge in [-0.1, -0.05) is 12.1 Å². The number of nitrogens with one attached hydrogen (secondary N) is 1. The lowest BCUT2D eigenvalue weighted by atomic mass is 10.0. The molecule has 10 nitrogen and oxygen atoms in total. The number of carbonyl (C=O) groups is 4. The molecule has 2 aliphatic heterocycles. The van der Waals surface area contributed by atoms with Crippen molar-refractivity contribution >= 4 is 29.4 Å². The Balaban J connectivity index is 1.64. The Labute approximate surface area is 195 Å². The Morgan fingerprint density at radius 2 is 1.88 bits per heavy atom. The molecule has 2 aromatic rings. The van der Waals surface area contributed by atoms with Gasteiger partial charge in [0.25, 0.3) is 0 Å². The molecule has 2 heterocycles. The average Bonchev–Trinajstić information content (AvgIpc) is 3.38. The van der Waals surface area contributed by atoms with Crippen molar-refractivity contribution in [2.75, 3.05) is 26.1 Å². The van der Waals surface area contributed by atoms with Crippen molar-refractivity contribution in [1.82, 2.24) is 4.90 Å². The average molecular weight is 468 g/mol. The molecule has 0 aromatic heterocycles. The molecule has 0 aliphatic carbocycles. The first-order valence-electron chi connectivity index (χ1n) is 10.7. The van der Waals surface area contributed by atoms with Crippen LogP contribution in [0.4, 0.5) is 5.69 Å². The number of likely N-dealkylation sites (tertiary alicyclic amines) is 1. The molecule has 2 atom stereocenters. The lowest BCUT2D eigenvalue weighted by molar-refractivity contribution is -0.144. The molecular weight excluding hydrogens is 444 g/mol. The zero-order chi connectivity index (χ0) is 24.4. The summed E-state index contributed by atoms with van der Waals surface area (Å²) >= 11 is 0.